The molecule has 0 radical (unpaired) electrons. The highest BCUT2D eigenvalue weighted by Gasteiger charge is 2.39. The zero-order valence-corrected chi connectivity index (χ0v) is 16.9. The van der Waals surface area contributed by atoms with Crippen LogP contribution in [0.4, 0.5) is 0 Å². The van der Waals surface area contributed by atoms with Crippen molar-refractivity contribution in [3.8, 4) is 5.75 Å². The smallest absolute Gasteiger partial charge is 0.206 e. The van der Waals surface area contributed by atoms with Gasteiger partial charge < -0.3 is 4.74 Å². The minimum Gasteiger partial charge on any atom is -0.488 e. The topological polar surface area (TPSA) is 46.6 Å². The minimum absolute atomic E-state index is 0.0807. The summed E-state index contributed by atoms with van der Waals surface area (Å²) in [7, 11) is -3.54. The molecule has 3 aromatic rings. The molecule has 0 saturated carbocycles. The summed E-state index contributed by atoms with van der Waals surface area (Å²) in [6.45, 7) is 2.79. The van der Waals surface area contributed by atoms with Crippen molar-refractivity contribution >= 4 is 9.84 Å². The number of ether oxygens (including phenoxy) is 1. The molecule has 4 nitrogen and oxygen atoms in total. The van der Waals surface area contributed by atoms with Crippen molar-refractivity contribution in [3.63, 3.8) is 0 Å². The van der Waals surface area contributed by atoms with Crippen LogP contribution in [0.1, 0.15) is 23.5 Å². The van der Waals surface area contributed by atoms with Gasteiger partial charge in [0.2, 0.25) is 9.84 Å². The maximum Gasteiger partial charge on any atom is 0.206 e. The Morgan fingerprint density at radius 3 is 2.38 bits per heavy atom. The first-order chi connectivity index (χ1) is 14.1. The minimum atomic E-state index is -3.54. The van der Waals surface area contributed by atoms with Crippen molar-refractivity contribution < 1.29 is 13.2 Å². The van der Waals surface area contributed by atoms with Gasteiger partial charge in [0.25, 0.3) is 0 Å². The predicted molar refractivity (Wildman–Crippen MR) is 112 cm³/mol. The van der Waals surface area contributed by atoms with Gasteiger partial charge in [-0.25, -0.2) is 8.42 Å². The summed E-state index contributed by atoms with van der Waals surface area (Å²) in [4.78, 5) is 3.02. The summed E-state index contributed by atoms with van der Waals surface area (Å²) in [5.41, 5.74) is 2.44. The van der Waals surface area contributed by atoms with E-state index >= 15 is 0 Å². The second kappa shape index (κ2) is 7.32. The summed E-state index contributed by atoms with van der Waals surface area (Å²) in [6.07, 6.45) is 1.10. The highest BCUT2D eigenvalue weighted by molar-refractivity contribution is 7.91. The van der Waals surface area contributed by atoms with Crippen LogP contribution in [-0.4, -0.2) is 32.5 Å². The number of piperidine rings is 1. The SMILES string of the molecule is O=S(=O)(c1ccccc1)c1ccc2c(c1)OC1CN(Cc3ccccc3)CCC21. The molecular weight excluding hydrogens is 382 g/mol. The third kappa shape index (κ3) is 3.45. The standard InChI is InChI=1S/C24H23NO3S/c26-29(27,19-9-5-2-6-10-19)20-11-12-21-22-13-14-25(16-18-7-3-1-4-8-18)17-24(22)28-23(21)15-20/h1-12,15,22,24H,13-14,16-17H2. The molecule has 2 aliphatic heterocycles. The molecular formula is C24H23NO3S. The Morgan fingerprint density at radius 1 is 0.897 bits per heavy atom. The van der Waals surface area contributed by atoms with E-state index in [1.807, 2.05) is 18.2 Å². The van der Waals surface area contributed by atoms with Crippen molar-refractivity contribution in [1.82, 2.24) is 4.90 Å². The number of benzene rings is 3. The zero-order chi connectivity index (χ0) is 19.8. The lowest BCUT2D eigenvalue weighted by atomic mass is 9.89. The average molecular weight is 406 g/mol. The van der Waals surface area contributed by atoms with Crippen LogP contribution in [0.5, 0.6) is 5.75 Å². The molecule has 2 heterocycles. The van der Waals surface area contributed by atoms with Crippen molar-refractivity contribution in [2.24, 2.45) is 0 Å². The first-order valence-corrected chi connectivity index (χ1v) is 11.5. The fourth-order valence-corrected chi connectivity index (χ4v) is 5.73. The van der Waals surface area contributed by atoms with Crippen LogP contribution in [0.2, 0.25) is 0 Å². The van der Waals surface area contributed by atoms with Gasteiger partial charge in [0, 0.05) is 24.6 Å². The number of hydrogen-bond acceptors (Lipinski definition) is 4. The molecule has 0 N–H and O–H groups in total. The first kappa shape index (κ1) is 18.4. The molecule has 0 bridgehead atoms. The molecule has 0 aromatic heterocycles. The number of nitrogens with zero attached hydrogens (tertiary/aromatic N) is 1. The molecule has 2 aliphatic rings. The van der Waals surface area contributed by atoms with E-state index in [0.29, 0.717) is 15.7 Å². The van der Waals surface area contributed by atoms with Gasteiger partial charge in [0.05, 0.1) is 9.79 Å². The number of hydrogen-bond donors (Lipinski definition) is 0. The molecule has 5 heteroatoms. The molecule has 1 fully saturated rings. The molecule has 2 unspecified atom stereocenters. The molecule has 3 aromatic carbocycles. The molecule has 29 heavy (non-hydrogen) atoms. The van der Waals surface area contributed by atoms with E-state index in [-0.39, 0.29) is 6.10 Å². The monoisotopic (exact) mass is 405 g/mol. The average Bonchev–Trinajstić information content (AvgIpc) is 3.12. The van der Waals surface area contributed by atoms with E-state index in [1.54, 1.807) is 36.4 Å². The lowest BCUT2D eigenvalue weighted by molar-refractivity contribution is 0.0873. The Labute approximate surface area is 171 Å². The maximum absolute atomic E-state index is 12.9. The third-order valence-corrected chi connectivity index (χ3v) is 7.69. The van der Waals surface area contributed by atoms with Crippen LogP contribution in [-0.2, 0) is 16.4 Å². The molecule has 5 rings (SSSR count). The fraction of sp³-hybridized carbons (Fsp3) is 0.250. The molecule has 1 saturated heterocycles. The van der Waals surface area contributed by atoms with Gasteiger partial charge in [0.1, 0.15) is 11.9 Å². The Kier molecular flexibility index (Phi) is 4.64. The van der Waals surface area contributed by atoms with Crippen LogP contribution >= 0.6 is 0 Å². The Balaban J connectivity index is 1.36. The molecule has 0 aliphatic carbocycles. The van der Waals surface area contributed by atoms with Crippen LogP contribution < -0.4 is 4.74 Å². The molecule has 2 atom stereocenters. The quantitative estimate of drug-likeness (QED) is 0.650. The van der Waals surface area contributed by atoms with Crippen LogP contribution in [0.15, 0.2) is 88.7 Å². The number of rotatable bonds is 4. The lowest BCUT2D eigenvalue weighted by Crippen LogP contribution is -2.42. The largest absolute Gasteiger partial charge is 0.488 e. The lowest BCUT2D eigenvalue weighted by Gasteiger charge is -2.34. The number of fused-ring (bicyclic) bond motifs is 3. The Bertz CT molecular complexity index is 1110. The third-order valence-electron chi connectivity index (χ3n) is 5.92. The van der Waals surface area contributed by atoms with E-state index in [2.05, 4.69) is 29.2 Å². The van der Waals surface area contributed by atoms with Crippen molar-refractivity contribution in [2.45, 2.75) is 34.8 Å². The maximum atomic E-state index is 12.9. The first-order valence-electron chi connectivity index (χ1n) is 9.98. The second-order valence-corrected chi connectivity index (χ2v) is 9.74. The van der Waals surface area contributed by atoms with E-state index in [0.717, 1.165) is 37.4 Å². The summed E-state index contributed by atoms with van der Waals surface area (Å²) in [5, 5.41) is 0. The predicted octanol–water partition coefficient (Wildman–Crippen LogP) is 4.27. The van der Waals surface area contributed by atoms with E-state index in [4.69, 9.17) is 4.74 Å². The van der Waals surface area contributed by atoms with Crippen molar-refractivity contribution in [3.05, 3.63) is 90.0 Å². The van der Waals surface area contributed by atoms with Crippen molar-refractivity contribution in [1.29, 1.82) is 0 Å². The Hall–Kier alpha value is -2.63. The van der Waals surface area contributed by atoms with Crippen LogP contribution in [0.25, 0.3) is 0 Å². The summed E-state index contributed by atoms with van der Waals surface area (Å²) < 4.78 is 32.1. The van der Waals surface area contributed by atoms with Gasteiger partial charge >= 0.3 is 0 Å². The van der Waals surface area contributed by atoms with E-state index < -0.39 is 9.84 Å². The van der Waals surface area contributed by atoms with E-state index in [9.17, 15) is 8.42 Å². The second-order valence-electron chi connectivity index (χ2n) is 7.79. The Morgan fingerprint density at radius 2 is 1.62 bits per heavy atom. The fourth-order valence-electron chi connectivity index (χ4n) is 4.43. The van der Waals surface area contributed by atoms with Gasteiger partial charge in [-0.05, 0) is 42.8 Å². The summed E-state index contributed by atoms with van der Waals surface area (Å²) in [6, 6.07) is 24.4. The summed E-state index contributed by atoms with van der Waals surface area (Å²) in [5.74, 6) is 1.06. The summed E-state index contributed by atoms with van der Waals surface area (Å²) >= 11 is 0. The molecule has 0 amide bonds. The highest BCUT2D eigenvalue weighted by atomic mass is 32.2. The highest BCUT2D eigenvalue weighted by Crippen LogP contribution is 2.44. The van der Waals surface area contributed by atoms with Crippen LogP contribution in [0.3, 0.4) is 0 Å². The normalized spacial score (nSPS) is 21.2. The van der Waals surface area contributed by atoms with Crippen LogP contribution in [0, 0.1) is 0 Å². The van der Waals surface area contributed by atoms with Crippen molar-refractivity contribution in [2.75, 3.05) is 13.1 Å². The number of sulfone groups is 1. The zero-order valence-electron chi connectivity index (χ0n) is 16.1. The van der Waals surface area contributed by atoms with Gasteiger partial charge in [-0.15, -0.1) is 0 Å². The van der Waals surface area contributed by atoms with Gasteiger partial charge in [0.15, 0.2) is 0 Å². The number of likely N-dealkylation sites (tertiary alicyclic amines) is 1. The van der Waals surface area contributed by atoms with Gasteiger partial charge in [-0.2, -0.15) is 0 Å². The molecule has 148 valence electrons. The van der Waals surface area contributed by atoms with Gasteiger partial charge in [-0.1, -0.05) is 54.6 Å². The van der Waals surface area contributed by atoms with Gasteiger partial charge in [-0.3, -0.25) is 4.90 Å². The van der Waals surface area contributed by atoms with E-state index in [1.165, 1.54) is 5.56 Å². The molecule has 0 spiro atoms.